The van der Waals surface area contributed by atoms with E-state index in [2.05, 4.69) is 15.4 Å². The number of hydrogen-bond acceptors (Lipinski definition) is 9. The molecule has 1 fully saturated rings. The summed E-state index contributed by atoms with van der Waals surface area (Å²) in [5.74, 6) is 2.93. The smallest absolute Gasteiger partial charge is 0.276 e. The molecule has 0 radical (unpaired) electrons. The zero-order valence-electron chi connectivity index (χ0n) is 16.9. The lowest BCUT2D eigenvalue weighted by Crippen LogP contribution is -2.39. The fraction of sp³-hybridized carbons (Fsp3) is 0.273. The van der Waals surface area contributed by atoms with Gasteiger partial charge in [-0.25, -0.2) is 0 Å². The number of furan rings is 1. The highest BCUT2D eigenvalue weighted by molar-refractivity contribution is 5.93. The summed E-state index contributed by atoms with van der Waals surface area (Å²) in [5, 5.41) is 12.4. The Hall–Kier alpha value is -4.08. The van der Waals surface area contributed by atoms with Crippen molar-refractivity contribution in [2.75, 3.05) is 19.9 Å². The van der Waals surface area contributed by atoms with Gasteiger partial charge < -0.3 is 27.7 Å². The molecule has 0 N–H and O–H groups in total. The highest BCUT2D eigenvalue weighted by atomic mass is 16.7. The highest BCUT2D eigenvalue weighted by Gasteiger charge is 2.31. The summed E-state index contributed by atoms with van der Waals surface area (Å²) in [6.07, 6.45) is 3.21. The summed E-state index contributed by atoms with van der Waals surface area (Å²) < 4.78 is 27.3. The summed E-state index contributed by atoms with van der Waals surface area (Å²) in [6.45, 7) is 1.29. The second kappa shape index (κ2) is 7.56. The number of benzene rings is 1. The largest absolute Gasteiger partial charge is 0.461 e. The fourth-order valence-corrected chi connectivity index (χ4v) is 3.98. The van der Waals surface area contributed by atoms with Gasteiger partial charge in [-0.1, -0.05) is 5.16 Å². The number of nitrogens with zero attached hydrogens (tertiary/aromatic N) is 4. The third kappa shape index (κ3) is 3.29. The molecule has 2 aliphatic heterocycles. The quantitative estimate of drug-likeness (QED) is 0.473. The van der Waals surface area contributed by atoms with Crippen LogP contribution in [0.15, 0.2) is 56.0 Å². The highest BCUT2D eigenvalue weighted by Crippen LogP contribution is 2.36. The first-order chi connectivity index (χ1) is 15.7. The van der Waals surface area contributed by atoms with Crippen molar-refractivity contribution in [3.05, 3.63) is 54.2 Å². The van der Waals surface area contributed by atoms with E-state index in [1.54, 1.807) is 23.1 Å². The van der Waals surface area contributed by atoms with Crippen molar-refractivity contribution in [1.29, 1.82) is 0 Å². The van der Waals surface area contributed by atoms with E-state index in [4.69, 9.17) is 22.8 Å². The molecule has 162 valence electrons. The summed E-state index contributed by atoms with van der Waals surface area (Å²) >= 11 is 0. The molecule has 32 heavy (non-hydrogen) atoms. The minimum Gasteiger partial charge on any atom is -0.461 e. The molecule has 1 saturated heterocycles. The van der Waals surface area contributed by atoms with Gasteiger partial charge in [-0.05, 0) is 43.2 Å². The molecule has 1 amide bonds. The number of rotatable bonds is 4. The molecule has 1 unspecified atom stereocenters. The third-order valence-electron chi connectivity index (χ3n) is 5.61. The maximum absolute atomic E-state index is 13.0. The SMILES string of the molecule is O=C(c1cc(-c2ccco2)on1)N1CCCC(c2nnc(-c3ccc4c(c3)OCO4)o2)C1. The number of amides is 1. The van der Waals surface area contributed by atoms with Crippen LogP contribution >= 0.6 is 0 Å². The second-order valence-corrected chi connectivity index (χ2v) is 7.66. The van der Waals surface area contributed by atoms with Crippen LogP contribution in [0.1, 0.15) is 35.1 Å². The number of hydrogen-bond donors (Lipinski definition) is 0. The van der Waals surface area contributed by atoms with Gasteiger partial charge in [-0.2, -0.15) is 0 Å². The van der Waals surface area contributed by atoms with E-state index in [0.29, 0.717) is 47.9 Å². The molecule has 2 aliphatic rings. The molecule has 0 bridgehead atoms. The number of carbonyl (C=O) groups is 1. The molecule has 10 heteroatoms. The lowest BCUT2D eigenvalue weighted by Gasteiger charge is -2.30. The van der Waals surface area contributed by atoms with Crippen molar-refractivity contribution in [1.82, 2.24) is 20.3 Å². The molecule has 4 aromatic rings. The van der Waals surface area contributed by atoms with Gasteiger partial charge in [0.05, 0.1) is 12.2 Å². The molecule has 0 aliphatic carbocycles. The molecule has 10 nitrogen and oxygen atoms in total. The predicted molar refractivity (Wildman–Crippen MR) is 108 cm³/mol. The van der Waals surface area contributed by atoms with Crippen LogP contribution in [0, 0.1) is 0 Å². The lowest BCUT2D eigenvalue weighted by molar-refractivity contribution is 0.0688. The van der Waals surface area contributed by atoms with Crippen LogP contribution < -0.4 is 9.47 Å². The van der Waals surface area contributed by atoms with Crippen LogP contribution in [0.4, 0.5) is 0 Å². The van der Waals surface area contributed by atoms with Crippen molar-refractivity contribution in [2.45, 2.75) is 18.8 Å². The minimum absolute atomic E-state index is 0.0561. The van der Waals surface area contributed by atoms with Gasteiger partial charge in [0.25, 0.3) is 5.91 Å². The Bertz CT molecular complexity index is 1260. The molecular formula is C22H18N4O6. The van der Waals surface area contributed by atoms with E-state index < -0.39 is 0 Å². The first kappa shape index (κ1) is 18.7. The molecular weight excluding hydrogens is 416 g/mol. The van der Waals surface area contributed by atoms with E-state index in [-0.39, 0.29) is 24.3 Å². The standard InChI is InChI=1S/C22H18N4O6/c27-22(15-10-19(32-25-15)16-4-2-8-28-16)26-7-1-3-14(11-26)21-24-23-20(31-21)13-5-6-17-18(9-13)30-12-29-17/h2,4-6,8-10,14H,1,3,7,11-12H2. The summed E-state index contributed by atoms with van der Waals surface area (Å²) in [6, 6.07) is 10.6. The maximum atomic E-state index is 13.0. The zero-order chi connectivity index (χ0) is 21.5. The lowest BCUT2D eigenvalue weighted by atomic mass is 9.98. The monoisotopic (exact) mass is 434 g/mol. The number of carbonyl (C=O) groups excluding carboxylic acids is 1. The van der Waals surface area contributed by atoms with Gasteiger partial charge in [0.1, 0.15) is 0 Å². The van der Waals surface area contributed by atoms with E-state index in [9.17, 15) is 4.79 Å². The Morgan fingerprint density at radius 2 is 2.00 bits per heavy atom. The normalized spacial score (nSPS) is 17.6. The number of likely N-dealkylation sites (tertiary alicyclic amines) is 1. The Labute approximate surface area is 181 Å². The first-order valence-electron chi connectivity index (χ1n) is 10.3. The fourth-order valence-electron chi connectivity index (χ4n) is 3.98. The van der Waals surface area contributed by atoms with Gasteiger partial charge in [-0.15, -0.1) is 10.2 Å². The van der Waals surface area contributed by atoms with Gasteiger partial charge >= 0.3 is 0 Å². The number of aromatic nitrogens is 3. The molecule has 6 rings (SSSR count). The van der Waals surface area contributed by atoms with Crippen molar-refractivity contribution in [3.63, 3.8) is 0 Å². The van der Waals surface area contributed by atoms with Gasteiger partial charge in [0, 0.05) is 24.7 Å². The van der Waals surface area contributed by atoms with E-state index in [1.807, 2.05) is 18.2 Å². The molecule has 0 saturated carbocycles. The molecule has 3 aromatic heterocycles. The first-order valence-corrected chi connectivity index (χ1v) is 10.3. The third-order valence-corrected chi connectivity index (χ3v) is 5.61. The second-order valence-electron chi connectivity index (χ2n) is 7.66. The summed E-state index contributed by atoms with van der Waals surface area (Å²) in [7, 11) is 0. The number of ether oxygens (including phenoxy) is 2. The van der Waals surface area contributed by atoms with Crippen molar-refractivity contribution >= 4 is 5.91 Å². The zero-order valence-corrected chi connectivity index (χ0v) is 16.9. The molecule has 0 spiro atoms. The average molecular weight is 434 g/mol. The average Bonchev–Trinajstić information content (AvgIpc) is 3.64. The summed E-state index contributed by atoms with van der Waals surface area (Å²) in [5.41, 5.74) is 0.994. The van der Waals surface area contributed by atoms with Crippen LogP contribution in [0.2, 0.25) is 0 Å². The van der Waals surface area contributed by atoms with Crippen LogP contribution in [0.3, 0.4) is 0 Å². The summed E-state index contributed by atoms with van der Waals surface area (Å²) in [4.78, 5) is 14.7. The van der Waals surface area contributed by atoms with Crippen molar-refractivity contribution in [3.8, 4) is 34.5 Å². The molecule has 5 heterocycles. The van der Waals surface area contributed by atoms with Gasteiger partial charge in [0.15, 0.2) is 23.0 Å². The van der Waals surface area contributed by atoms with Crippen LogP contribution in [-0.4, -0.2) is 46.0 Å². The predicted octanol–water partition coefficient (Wildman–Crippen LogP) is 3.73. The van der Waals surface area contributed by atoms with Crippen molar-refractivity contribution in [2.24, 2.45) is 0 Å². The molecule has 1 atom stereocenters. The Morgan fingerprint density at radius 1 is 1.06 bits per heavy atom. The van der Waals surface area contributed by atoms with Crippen molar-refractivity contribution < 1.29 is 27.6 Å². The van der Waals surface area contributed by atoms with Crippen LogP contribution in [0.5, 0.6) is 11.5 Å². The Balaban J connectivity index is 1.18. The Kier molecular flexibility index (Phi) is 4.41. The minimum atomic E-state index is -0.202. The van der Waals surface area contributed by atoms with Crippen LogP contribution in [-0.2, 0) is 0 Å². The Morgan fingerprint density at radius 3 is 2.91 bits per heavy atom. The van der Waals surface area contributed by atoms with E-state index in [1.165, 1.54) is 6.26 Å². The topological polar surface area (TPSA) is 117 Å². The maximum Gasteiger partial charge on any atom is 0.276 e. The van der Waals surface area contributed by atoms with E-state index >= 15 is 0 Å². The van der Waals surface area contributed by atoms with Gasteiger partial charge in [-0.3, -0.25) is 4.79 Å². The van der Waals surface area contributed by atoms with Crippen LogP contribution in [0.25, 0.3) is 23.0 Å². The number of piperidine rings is 1. The van der Waals surface area contributed by atoms with Gasteiger partial charge in [0.2, 0.25) is 24.3 Å². The number of fused-ring (bicyclic) bond motifs is 1. The van der Waals surface area contributed by atoms with E-state index in [0.717, 1.165) is 18.4 Å². The molecule has 1 aromatic carbocycles.